The molecule has 0 aliphatic carbocycles. The molecule has 0 aliphatic rings. The van der Waals surface area contributed by atoms with Gasteiger partial charge in [-0.05, 0) is 103 Å². The third-order valence-corrected chi connectivity index (χ3v) is 12.8. The Labute approximate surface area is 450 Å². The molecule has 0 spiro atoms. The molecule has 0 aromatic heterocycles. The van der Waals surface area contributed by atoms with Crippen LogP contribution in [0.3, 0.4) is 0 Å². The van der Waals surface area contributed by atoms with Gasteiger partial charge in [-0.2, -0.15) is 0 Å². The molecular formula is C67H112O6. The first-order valence-electron chi connectivity index (χ1n) is 30.4. The van der Waals surface area contributed by atoms with E-state index in [0.29, 0.717) is 19.3 Å². The summed E-state index contributed by atoms with van der Waals surface area (Å²) in [4.78, 5) is 38.0. The number of unbranched alkanes of at least 4 members (excludes halogenated alkanes) is 25. The van der Waals surface area contributed by atoms with E-state index in [4.69, 9.17) is 14.2 Å². The van der Waals surface area contributed by atoms with Crippen LogP contribution in [0.15, 0.2) is 109 Å². The second-order valence-electron chi connectivity index (χ2n) is 19.9. The second-order valence-corrected chi connectivity index (χ2v) is 19.9. The molecule has 0 amide bonds. The minimum absolute atomic E-state index is 0.0816. The summed E-state index contributed by atoms with van der Waals surface area (Å²) < 4.78 is 16.8. The molecule has 6 heteroatoms. The highest BCUT2D eigenvalue weighted by Crippen LogP contribution is 2.15. The maximum atomic E-state index is 12.8. The van der Waals surface area contributed by atoms with E-state index in [0.717, 1.165) is 122 Å². The summed E-state index contributed by atoms with van der Waals surface area (Å²) >= 11 is 0. The van der Waals surface area contributed by atoms with E-state index in [1.54, 1.807) is 0 Å². The summed E-state index contributed by atoms with van der Waals surface area (Å²) in [6.45, 7) is 6.37. The summed E-state index contributed by atoms with van der Waals surface area (Å²) in [6, 6.07) is 0. The van der Waals surface area contributed by atoms with Crippen molar-refractivity contribution in [3.05, 3.63) is 109 Å². The molecule has 0 bridgehead atoms. The Balaban J connectivity index is 4.18. The van der Waals surface area contributed by atoms with Crippen LogP contribution in [0.1, 0.15) is 278 Å². The normalized spacial score (nSPS) is 12.9. The van der Waals surface area contributed by atoms with E-state index < -0.39 is 6.10 Å². The van der Waals surface area contributed by atoms with Crippen molar-refractivity contribution in [3.63, 3.8) is 0 Å². The lowest BCUT2D eigenvalue weighted by Crippen LogP contribution is -2.30. The molecule has 0 aliphatic heterocycles. The van der Waals surface area contributed by atoms with Crippen molar-refractivity contribution in [3.8, 4) is 0 Å². The predicted molar refractivity (Wildman–Crippen MR) is 316 cm³/mol. The van der Waals surface area contributed by atoms with Crippen LogP contribution in [-0.2, 0) is 28.6 Å². The topological polar surface area (TPSA) is 78.9 Å². The van der Waals surface area contributed by atoms with Gasteiger partial charge in [-0.3, -0.25) is 14.4 Å². The van der Waals surface area contributed by atoms with E-state index in [2.05, 4.69) is 130 Å². The average molecular weight is 1010 g/mol. The standard InChI is InChI=1S/C67H112O6/c1-4-7-10-13-16-18-20-22-24-26-28-30-31-32-33-34-35-37-38-40-42-44-46-48-51-54-57-60-66(69)72-63-64(62-71-65(68)59-56-53-50-15-12-9-6-3)73-67(70)61-58-55-52-49-47-45-43-41-39-36-29-27-25-23-21-19-17-14-11-8-5-2/h7-8,10-11,16-19,22-25,28-30,32-33,36,64H,4-6,9,12-15,20-21,26-27,31,34-35,37-63H2,1-3H3/b10-7-,11-8-,18-16-,19-17-,24-22-,25-23-,30-28-,33-32-,36-29-. The molecule has 0 saturated carbocycles. The lowest BCUT2D eigenvalue weighted by Gasteiger charge is -2.18. The van der Waals surface area contributed by atoms with Gasteiger partial charge < -0.3 is 14.2 Å². The van der Waals surface area contributed by atoms with Gasteiger partial charge in [-0.1, -0.05) is 265 Å². The third kappa shape index (κ3) is 58.8. The SMILES string of the molecule is CC/C=C\C/C=C\C/C=C\C/C=C\C/C=C\CCCCCCCCCCCCCC(=O)OCC(COC(=O)CCCCCCCCC)OC(=O)CCCCCCCCCC/C=C\C/C=C\C/C=C\C/C=C\CC. The van der Waals surface area contributed by atoms with E-state index in [1.165, 1.54) is 116 Å². The number of carbonyl (C=O) groups is 3. The minimum Gasteiger partial charge on any atom is -0.462 e. The molecule has 73 heavy (non-hydrogen) atoms. The summed E-state index contributed by atoms with van der Waals surface area (Å²) in [6.07, 6.45) is 82.5. The maximum absolute atomic E-state index is 12.8. The number of hydrogen-bond donors (Lipinski definition) is 0. The van der Waals surface area contributed by atoms with Crippen LogP contribution in [0.5, 0.6) is 0 Å². The fraction of sp³-hybridized carbons (Fsp3) is 0.687. The smallest absolute Gasteiger partial charge is 0.306 e. The van der Waals surface area contributed by atoms with E-state index >= 15 is 0 Å². The van der Waals surface area contributed by atoms with E-state index in [1.807, 2.05) is 0 Å². The summed E-state index contributed by atoms with van der Waals surface area (Å²) in [7, 11) is 0. The van der Waals surface area contributed by atoms with Gasteiger partial charge in [0.15, 0.2) is 6.10 Å². The summed E-state index contributed by atoms with van der Waals surface area (Å²) in [5, 5.41) is 0. The Bertz CT molecular complexity index is 1490. The quantitative estimate of drug-likeness (QED) is 0.0261. The molecule has 0 fully saturated rings. The maximum Gasteiger partial charge on any atom is 0.306 e. The molecule has 1 unspecified atom stereocenters. The molecule has 416 valence electrons. The van der Waals surface area contributed by atoms with E-state index in [9.17, 15) is 14.4 Å². The van der Waals surface area contributed by atoms with Crippen molar-refractivity contribution < 1.29 is 28.6 Å². The van der Waals surface area contributed by atoms with Gasteiger partial charge in [0.05, 0.1) is 0 Å². The first kappa shape index (κ1) is 69.1. The van der Waals surface area contributed by atoms with Gasteiger partial charge in [0.25, 0.3) is 0 Å². The molecule has 6 nitrogen and oxygen atoms in total. The van der Waals surface area contributed by atoms with Gasteiger partial charge in [0, 0.05) is 19.3 Å². The van der Waals surface area contributed by atoms with Gasteiger partial charge in [-0.15, -0.1) is 0 Å². The first-order valence-corrected chi connectivity index (χ1v) is 30.4. The molecule has 0 aromatic rings. The second kappa shape index (κ2) is 60.6. The van der Waals surface area contributed by atoms with Crippen LogP contribution >= 0.6 is 0 Å². The fourth-order valence-electron chi connectivity index (χ4n) is 8.28. The Hall–Kier alpha value is -3.93. The number of hydrogen-bond acceptors (Lipinski definition) is 6. The van der Waals surface area contributed by atoms with Gasteiger partial charge in [0.2, 0.25) is 0 Å². The first-order chi connectivity index (χ1) is 36.0. The van der Waals surface area contributed by atoms with Crippen molar-refractivity contribution >= 4 is 17.9 Å². The molecule has 0 rings (SSSR count). The molecule has 0 N–H and O–H groups in total. The molecule has 0 aromatic carbocycles. The van der Waals surface area contributed by atoms with Crippen LogP contribution in [0, 0.1) is 0 Å². The van der Waals surface area contributed by atoms with Crippen molar-refractivity contribution in [2.45, 2.75) is 284 Å². The number of rotatable bonds is 54. The highest BCUT2D eigenvalue weighted by atomic mass is 16.6. The van der Waals surface area contributed by atoms with Gasteiger partial charge in [-0.25, -0.2) is 0 Å². The van der Waals surface area contributed by atoms with Gasteiger partial charge >= 0.3 is 17.9 Å². The van der Waals surface area contributed by atoms with Crippen molar-refractivity contribution in [2.75, 3.05) is 13.2 Å². The van der Waals surface area contributed by atoms with Crippen LogP contribution in [0.2, 0.25) is 0 Å². The zero-order valence-corrected chi connectivity index (χ0v) is 47.6. The van der Waals surface area contributed by atoms with Crippen molar-refractivity contribution in [2.24, 2.45) is 0 Å². The Morgan fingerprint density at radius 1 is 0.288 bits per heavy atom. The number of allylic oxidation sites excluding steroid dienone is 18. The number of esters is 3. The molecule has 0 saturated heterocycles. The predicted octanol–water partition coefficient (Wildman–Crippen LogP) is 20.7. The Morgan fingerprint density at radius 2 is 0.534 bits per heavy atom. The average Bonchev–Trinajstić information content (AvgIpc) is 3.39. The van der Waals surface area contributed by atoms with Gasteiger partial charge in [0.1, 0.15) is 13.2 Å². The lowest BCUT2D eigenvalue weighted by atomic mass is 10.0. The van der Waals surface area contributed by atoms with Crippen LogP contribution in [0.4, 0.5) is 0 Å². The highest BCUT2D eigenvalue weighted by molar-refractivity contribution is 5.71. The monoisotopic (exact) mass is 1010 g/mol. The summed E-state index contributed by atoms with van der Waals surface area (Å²) in [5.74, 6) is -0.896. The van der Waals surface area contributed by atoms with Crippen LogP contribution < -0.4 is 0 Å². The van der Waals surface area contributed by atoms with Crippen molar-refractivity contribution in [1.29, 1.82) is 0 Å². The van der Waals surface area contributed by atoms with Crippen molar-refractivity contribution in [1.82, 2.24) is 0 Å². The largest absolute Gasteiger partial charge is 0.462 e. The summed E-state index contributed by atoms with van der Waals surface area (Å²) in [5.41, 5.74) is 0. The molecular weight excluding hydrogens is 901 g/mol. The van der Waals surface area contributed by atoms with E-state index in [-0.39, 0.29) is 31.1 Å². The number of carbonyl (C=O) groups excluding carboxylic acids is 3. The zero-order chi connectivity index (χ0) is 52.9. The zero-order valence-electron chi connectivity index (χ0n) is 47.6. The van der Waals surface area contributed by atoms with Crippen LogP contribution in [0.25, 0.3) is 0 Å². The number of ether oxygens (including phenoxy) is 3. The van der Waals surface area contributed by atoms with Crippen LogP contribution in [-0.4, -0.2) is 37.2 Å². The molecule has 0 heterocycles. The Kier molecular flexibility index (Phi) is 57.4. The Morgan fingerprint density at radius 3 is 0.836 bits per heavy atom. The fourth-order valence-corrected chi connectivity index (χ4v) is 8.28. The highest BCUT2D eigenvalue weighted by Gasteiger charge is 2.19. The lowest BCUT2D eigenvalue weighted by molar-refractivity contribution is -0.167. The minimum atomic E-state index is -0.782. The molecule has 0 radical (unpaired) electrons. The third-order valence-electron chi connectivity index (χ3n) is 12.8. The molecule has 1 atom stereocenters.